The lowest BCUT2D eigenvalue weighted by atomic mass is 9.90. The second-order valence-electron chi connectivity index (χ2n) is 10.4. The van der Waals surface area contributed by atoms with E-state index in [1.54, 1.807) is 24.3 Å². The molecule has 0 aliphatic rings. The lowest BCUT2D eigenvalue weighted by Crippen LogP contribution is -2.48. The van der Waals surface area contributed by atoms with E-state index in [4.69, 9.17) is 14.0 Å². The number of Topliss-reactive ketones (excluding diaryl/α,β-unsaturated/α-hetero) is 1. The number of furan rings is 1. The van der Waals surface area contributed by atoms with Crippen LogP contribution in [0.5, 0.6) is 5.75 Å². The van der Waals surface area contributed by atoms with E-state index in [0.717, 1.165) is 24.8 Å². The molecule has 0 aliphatic heterocycles. The fraction of sp³-hybridized carbons (Fsp3) is 0.412. The summed E-state index contributed by atoms with van der Waals surface area (Å²) in [5.74, 6) is -0.481. The van der Waals surface area contributed by atoms with Gasteiger partial charge in [0.1, 0.15) is 18.1 Å². The second kappa shape index (κ2) is 17.6. The Bertz CT molecular complexity index is 1370. The van der Waals surface area contributed by atoms with Crippen molar-refractivity contribution in [2.24, 2.45) is 5.92 Å². The van der Waals surface area contributed by atoms with Crippen molar-refractivity contribution in [3.63, 3.8) is 0 Å². The van der Waals surface area contributed by atoms with Gasteiger partial charge in [0, 0.05) is 11.1 Å². The number of hydroxylamine groups is 2. The molecule has 0 saturated heterocycles. The highest BCUT2D eigenvalue weighted by atomic mass is 16.7. The van der Waals surface area contributed by atoms with Crippen LogP contribution in [0.2, 0.25) is 0 Å². The van der Waals surface area contributed by atoms with Gasteiger partial charge in [-0.1, -0.05) is 63.4 Å². The van der Waals surface area contributed by atoms with Gasteiger partial charge >= 0.3 is 0 Å². The minimum atomic E-state index is -0.535. The number of unbranched alkanes of at least 4 members (excludes halogenated alkanes) is 2. The molecule has 1 aromatic heterocycles. The number of hydrogen-bond donors (Lipinski definition) is 2. The van der Waals surface area contributed by atoms with E-state index < -0.39 is 17.9 Å². The number of ether oxygens (including phenoxy) is 1. The molecule has 1 heterocycles. The van der Waals surface area contributed by atoms with Crippen molar-refractivity contribution in [3.05, 3.63) is 77.6 Å². The summed E-state index contributed by atoms with van der Waals surface area (Å²) in [6.45, 7) is 7.82. The molecule has 2 N–H and O–H groups in total. The van der Waals surface area contributed by atoms with Crippen molar-refractivity contribution >= 4 is 24.0 Å². The SMILES string of the molecule is CCCCC[C@@H](C(=O)NCNC(=O)c1ccc(-c2cc(OCC)cc(C(C)=O)c2)o1)[C@@H](CC)N(C=O)OCc1ccccc1. The molecule has 2 atom stereocenters. The number of nitrogens with one attached hydrogen (secondary N) is 2. The zero-order valence-electron chi connectivity index (χ0n) is 26.0. The van der Waals surface area contributed by atoms with Crippen molar-refractivity contribution in [2.75, 3.05) is 13.3 Å². The van der Waals surface area contributed by atoms with Gasteiger partial charge < -0.3 is 19.8 Å². The molecule has 3 amide bonds. The van der Waals surface area contributed by atoms with Gasteiger partial charge in [-0.25, -0.2) is 5.06 Å². The largest absolute Gasteiger partial charge is 0.494 e. The van der Waals surface area contributed by atoms with Crippen molar-refractivity contribution in [2.45, 2.75) is 72.4 Å². The first-order valence-corrected chi connectivity index (χ1v) is 15.2. The Morgan fingerprint density at radius 2 is 1.75 bits per heavy atom. The Morgan fingerprint density at radius 1 is 0.977 bits per heavy atom. The zero-order chi connectivity index (χ0) is 31.9. The van der Waals surface area contributed by atoms with Gasteiger partial charge in [0.25, 0.3) is 5.91 Å². The molecular weight excluding hydrogens is 562 g/mol. The predicted molar refractivity (Wildman–Crippen MR) is 167 cm³/mol. The molecular formula is C34H43N3O7. The van der Waals surface area contributed by atoms with Crippen molar-refractivity contribution < 1.29 is 33.2 Å². The van der Waals surface area contributed by atoms with Gasteiger partial charge in [-0.3, -0.25) is 24.0 Å². The summed E-state index contributed by atoms with van der Waals surface area (Å²) in [4.78, 5) is 56.1. The fourth-order valence-corrected chi connectivity index (χ4v) is 4.92. The molecule has 0 unspecified atom stereocenters. The first-order chi connectivity index (χ1) is 21.3. The van der Waals surface area contributed by atoms with Gasteiger partial charge in [-0.2, -0.15) is 0 Å². The molecule has 0 saturated carbocycles. The van der Waals surface area contributed by atoms with Gasteiger partial charge in [0.15, 0.2) is 11.5 Å². The molecule has 10 heteroatoms. The highest BCUT2D eigenvalue weighted by molar-refractivity contribution is 5.96. The number of carbonyl (C=O) groups is 4. The summed E-state index contributed by atoms with van der Waals surface area (Å²) in [5.41, 5.74) is 1.98. The van der Waals surface area contributed by atoms with Crippen LogP contribution in [0.15, 0.2) is 65.1 Å². The number of ketones is 1. The first-order valence-electron chi connectivity index (χ1n) is 15.2. The fourth-order valence-electron chi connectivity index (χ4n) is 4.92. The summed E-state index contributed by atoms with van der Waals surface area (Å²) in [6.07, 6.45) is 4.45. The van der Waals surface area contributed by atoms with E-state index in [1.807, 2.05) is 44.2 Å². The van der Waals surface area contributed by atoms with Crippen LogP contribution < -0.4 is 15.4 Å². The average Bonchev–Trinajstić information content (AvgIpc) is 3.53. The van der Waals surface area contributed by atoms with Crippen LogP contribution in [-0.2, 0) is 21.0 Å². The smallest absolute Gasteiger partial charge is 0.288 e. The molecule has 0 fully saturated rings. The molecule has 0 radical (unpaired) electrons. The normalized spacial score (nSPS) is 12.2. The molecule has 3 rings (SSSR count). The van der Waals surface area contributed by atoms with Crippen LogP contribution in [-0.4, -0.2) is 48.4 Å². The van der Waals surface area contributed by atoms with E-state index >= 15 is 0 Å². The Kier molecular flexibility index (Phi) is 13.6. The maximum Gasteiger partial charge on any atom is 0.288 e. The zero-order valence-corrected chi connectivity index (χ0v) is 26.0. The lowest BCUT2D eigenvalue weighted by molar-refractivity contribution is -0.200. The monoisotopic (exact) mass is 605 g/mol. The molecule has 3 aromatic rings. The summed E-state index contributed by atoms with van der Waals surface area (Å²) in [5, 5.41) is 6.70. The lowest BCUT2D eigenvalue weighted by Gasteiger charge is -2.32. The number of amides is 3. The summed E-state index contributed by atoms with van der Waals surface area (Å²) < 4.78 is 11.4. The van der Waals surface area contributed by atoms with Crippen LogP contribution in [0.3, 0.4) is 0 Å². The topological polar surface area (TPSA) is 127 Å². The van der Waals surface area contributed by atoms with E-state index in [-0.39, 0.29) is 30.7 Å². The molecule has 0 bridgehead atoms. The third-order valence-electron chi connectivity index (χ3n) is 7.24. The summed E-state index contributed by atoms with van der Waals surface area (Å²) in [6, 6.07) is 17.3. The molecule has 44 heavy (non-hydrogen) atoms. The number of hydrogen-bond acceptors (Lipinski definition) is 7. The van der Waals surface area contributed by atoms with Gasteiger partial charge in [-0.05, 0) is 62.6 Å². The maximum atomic E-state index is 13.4. The molecule has 2 aromatic carbocycles. The minimum absolute atomic E-state index is 0.0489. The summed E-state index contributed by atoms with van der Waals surface area (Å²) in [7, 11) is 0. The standard InChI is InChI=1S/C34H43N3O7/c1-5-8-10-15-29(30(6-2)37(23-38)43-21-25-13-11-9-12-14-25)33(40)35-22-36-34(41)32-17-16-31(44-32)27-18-26(24(4)39)19-28(20-27)42-7-3/h9,11-14,16-20,23,29-30H,5-8,10,15,21-22H2,1-4H3,(H,35,40)(H,36,41)/t29-,30-/m1/s1. The van der Waals surface area contributed by atoms with Gasteiger partial charge in [0.05, 0.1) is 25.2 Å². The van der Waals surface area contributed by atoms with Gasteiger partial charge in [0.2, 0.25) is 12.3 Å². The third kappa shape index (κ3) is 9.80. The second-order valence-corrected chi connectivity index (χ2v) is 10.4. The van der Waals surface area contributed by atoms with Crippen molar-refractivity contribution in [1.29, 1.82) is 0 Å². The van der Waals surface area contributed by atoms with Crippen LogP contribution in [0.25, 0.3) is 11.3 Å². The molecule has 236 valence electrons. The molecule has 0 aliphatic carbocycles. The third-order valence-corrected chi connectivity index (χ3v) is 7.24. The van der Waals surface area contributed by atoms with Crippen LogP contribution in [0.4, 0.5) is 0 Å². The molecule has 10 nitrogen and oxygen atoms in total. The number of benzene rings is 2. The Balaban J connectivity index is 1.64. The highest BCUT2D eigenvalue weighted by Crippen LogP contribution is 2.28. The molecule has 0 spiro atoms. The van der Waals surface area contributed by atoms with Crippen LogP contribution >= 0.6 is 0 Å². The van der Waals surface area contributed by atoms with Crippen molar-refractivity contribution in [1.82, 2.24) is 15.7 Å². The first kappa shape index (κ1) is 34.1. The Hall–Kier alpha value is -4.44. The quantitative estimate of drug-likeness (QED) is 0.0571. The van der Waals surface area contributed by atoms with Crippen molar-refractivity contribution in [3.8, 4) is 17.1 Å². The number of nitrogens with zero attached hydrogens (tertiary/aromatic N) is 1. The average molecular weight is 606 g/mol. The highest BCUT2D eigenvalue weighted by Gasteiger charge is 2.32. The van der Waals surface area contributed by atoms with E-state index in [9.17, 15) is 19.2 Å². The van der Waals surface area contributed by atoms with Crippen LogP contribution in [0.1, 0.15) is 86.3 Å². The predicted octanol–water partition coefficient (Wildman–Crippen LogP) is 5.92. The van der Waals surface area contributed by atoms with E-state index in [2.05, 4.69) is 17.6 Å². The van der Waals surface area contributed by atoms with E-state index in [1.165, 1.54) is 18.1 Å². The Morgan fingerprint density at radius 3 is 2.41 bits per heavy atom. The van der Waals surface area contributed by atoms with Gasteiger partial charge in [-0.15, -0.1) is 0 Å². The number of carbonyl (C=O) groups excluding carboxylic acids is 4. The number of rotatable bonds is 19. The van der Waals surface area contributed by atoms with Crippen LogP contribution in [0, 0.1) is 5.92 Å². The van der Waals surface area contributed by atoms with E-state index in [0.29, 0.717) is 48.5 Å². The Labute approximate surface area is 259 Å². The summed E-state index contributed by atoms with van der Waals surface area (Å²) >= 11 is 0. The minimum Gasteiger partial charge on any atom is -0.494 e. The maximum absolute atomic E-state index is 13.4.